The highest BCUT2D eigenvalue weighted by Gasteiger charge is 2.38. The summed E-state index contributed by atoms with van der Waals surface area (Å²) in [5.74, 6) is 0.303. The number of nitrogens with two attached hydrogens (primary N) is 1. The predicted molar refractivity (Wildman–Crippen MR) is 60.5 cm³/mol. The molecule has 1 aliphatic carbocycles. The van der Waals surface area contributed by atoms with Gasteiger partial charge in [-0.2, -0.15) is 13.1 Å². The second-order valence-electron chi connectivity index (χ2n) is 4.69. The van der Waals surface area contributed by atoms with Gasteiger partial charge < -0.3 is 5.73 Å². The molecule has 1 saturated carbocycles. The molecule has 0 atom stereocenters. The molecule has 0 bridgehead atoms. The Morgan fingerprint density at radius 3 is 2.33 bits per heavy atom. The summed E-state index contributed by atoms with van der Waals surface area (Å²) in [4.78, 5) is 0. The van der Waals surface area contributed by atoms with Crippen LogP contribution in [0.1, 0.15) is 33.1 Å². The molecule has 0 amide bonds. The minimum atomic E-state index is -3.39. The molecule has 6 heteroatoms. The minimum Gasteiger partial charge on any atom is -0.329 e. The van der Waals surface area contributed by atoms with Gasteiger partial charge in [-0.15, -0.1) is 0 Å². The summed E-state index contributed by atoms with van der Waals surface area (Å²) in [5.41, 5.74) is 5.19. The zero-order valence-corrected chi connectivity index (χ0v) is 10.2. The summed E-state index contributed by atoms with van der Waals surface area (Å²) in [6.07, 6.45) is 2.72. The van der Waals surface area contributed by atoms with Crippen molar-refractivity contribution in [3.8, 4) is 0 Å². The summed E-state index contributed by atoms with van der Waals surface area (Å²) in [6.45, 7) is 4.75. The van der Waals surface area contributed by atoms with Crippen LogP contribution in [0.4, 0.5) is 0 Å². The smallest absolute Gasteiger partial charge is 0.277 e. The zero-order chi connectivity index (χ0) is 11.5. The Kier molecular flexibility index (Phi) is 4.11. The lowest BCUT2D eigenvalue weighted by atomic mass is 9.78. The fourth-order valence-corrected chi connectivity index (χ4v) is 3.03. The maximum absolute atomic E-state index is 11.6. The molecule has 4 N–H and O–H groups in total. The fraction of sp³-hybridized carbons (Fsp3) is 1.00. The third-order valence-corrected chi connectivity index (χ3v) is 3.98. The van der Waals surface area contributed by atoms with Crippen molar-refractivity contribution in [2.45, 2.75) is 38.6 Å². The second kappa shape index (κ2) is 4.78. The molecule has 0 spiro atoms. The Hall–Kier alpha value is -0.170. The molecule has 5 nitrogen and oxygen atoms in total. The van der Waals surface area contributed by atoms with Crippen LogP contribution in [-0.2, 0) is 10.2 Å². The summed E-state index contributed by atoms with van der Waals surface area (Å²) in [7, 11) is -3.39. The third kappa shape index (κ3) is 3.71. The van der Waals surface area contributed by atoms with Gasteiger partial charge in [-0.3, -0.25) is 0 Å². The fourth-order valence-electron chi connectivity index (χ4n) is 1.55. The van der Waals surface area contributed by atoms with E-state index in [0.717, 1.165) is 19.3 Å². The van der Waals surface area contributed by atoms with Gasteiger partial charge in [-0.05, 0) is 25.2 Å². The van der Waals surface area contributed by atoms with Crippen LogP contribution in [0.2, 0.25) is 0 Å². The largest absolute Gasteiger partial charge is 0.329 e. The molecule has 1 aliphatic rings. The molecule has 1 rings (SSSR count). The molecule has 0 aliphatic heterocycles. The standard InChI is InChI=1S/C9H21N3O2S/c1-8(2)6-11-15(13,14)12-9(7-10)4-3-5-9/h8,11-12H,3-7,10H2,1-2H3. The Bertz CT molecular complexity index is 291. The molecule has 0 heterocycles. The zero-order valence-electron chi connectivity index (χ0n) is 9.41. The van der Waals surface area contributed by atoms with Gasteiger partial charge in [0.2, 0.25) is 0 Å². The van der Waals surface area contributed by atoms with E-state index in [1.165, 1.54) is 0 Å². The van der Waals surface area contributed by atoms with E-state index in [2.05, 4.69) is 9.44 Å². The normalized spacial score (nSPS) is 20.3. The maximum atomic E-state index is 11.6. The monoisotopic (exact) mass is 235 g/mol. The van der Waals surface area contributed by atoms with Crippen molar-refractivity contribution in [2.75, 3.05) is 13.1 Å². The van der Waals surface area contributed by atoms with Crippen LogP contribution in [0.25, 0.3) is 0 Å². The SMILES string of the molecule is CC(C)CNS(=O)(=O)NC1(CN)CCC1. The van der Waals surface area contributed by atoms with Crippen molar-refractivity contribution in [3.63, 3.8) is 0 Å². The molecule has 0 saturated heterocycles. The van der Waals surface area contributed by atoms with Gasteiger partial charge in [0, 0.05) is 18.6 Å². The summed E-state index contributed by atoms with van der Waals surface area (Å²) in [6, 6.07) is 0. The molecule has 1 fully saturated rings. The first-order valence-electron chi connectivity index (χ1n) is 5.38. The first kappa shape index (κ1) is 12.9. The van der Waals surface area contributed by atoms with Crippen LogP contribution >= 0.6 is 0 Å². The molecule has 0 unspecified atom stereocenters. The lowest BCUT2D eigenvalue weighted by molar-refractivity contribution is 0.229. The topological polar surface area (TPSA) is 84.2 Å². The lowest BCUT2D eigenvalue weighted by Crippen LogP contribution is -2.60. The Morgan fingerprint density at radius 1 is 1.40 bits per heavy atom. The molecule has 0 aromatic heterocycles. The van der Waals surface area contributed by atoms with E-state index in [0.29, 0.717) is 19.0 Å². The van der Waals surface area contributed by atoms with Gasteiger partial charge >= 0.3 is 0 Å². The van der Waals surface area contributed by atoms with Crippen LogP contribution in [-0.4, -0.2) is 27.0 Å². The highest BCUT2D eigenvalue weighted by atomic mass is 32.2. The van der Waals surface area contributed by atoms with Crippen LogP contribution in [0.15, 0.2) is 0 Å². The summed E-state index contributed by atoms with van der Waals surface area (Å²) in [5, 5.41) is 0. The van der Waals surface area contributed by atoms with E-state index >= 15 is 0 Å². The van der Waals surface area contributed by atoms with Gasteiger partial charge in [0.1, 0.15) is 0 Å². The second-order valence-corrected chi connectivity index (χ2v) is 6.19. The first-order chi connectivity index (χ1) is 6.89. The number of rotatable bonds is 6. The van der Waals surface area contributed by atoms with Crippen molar-refractivity contribution in [1.82, 2.24) is 9.44 Å². The van der Waals surface area contributed by atoms with E-state index in [9.17, 15) is 8.42 Å². The number of nitrogens with one attached hydrogen (secondary N) is 2. The summed E-state index contributed by atoms with van der Waals surface area (Å²) >= 11 is 0. The van der Waals surface area contributed by atoms with E-state index < -0.39 is 10.2 Å². The molecular formula is C9H21N3O2S. The van der Waals surface area contributed by atoms with E-state index in [4.69, 9.17) is 5.73 Å². The molecule has 0 aromatic carbocycles. The van der Waals surface area contributed by atoms with Crippen molar-refractivity contribution in [3.05, 3.63) is 0 Å². The van der Waals surface area contributed by atoms with Gasteiger partial charge in [0.05, 0.1) is 0 Å². The molecule has 15 heavy (non-hydrogen) atoms. The van der Waals surface area contributed by atoms with Gasteiger partial charge in [-0.25, -0.2) is 4.72 Å². The van der Waals surface area contributed by atoms with Gasteiger partial charge in [-0.1, -0.05) is 13.8 Å². The van der Waals surface area contributed by atoms with E-state index in [1.54, 1.807) is 0 Å². The van der Waals surface area contributed by atoms with Gasteiger partial charge in [0.25, 0.3) is 10.2 Å². The molecule has 0 aromatic rings. The maximum Gasteiger partial charge on any atom is 0.277 e. The molecule has 0 radical (unpaired) electrons. The van der Waals surface area contributed by atoms with Crippen LogP contribution in [0, 0.1) is 5.92 Å². The average molecular weight is 235 g/mol. The van der Waals surface area contributed by atoms with Crippen molar-refractivity contribution in [2.24, 2.45) is 11.7 Å². The minimum absolute atomic E-state index is 0.303. The molecule has 90 valence electrons. The van der Waals surface area contributed by atoms with Gasteiger partial charge in [0.15, 0.2) is 0 Å². The Morgan fingerprint density at radius 2 is 2.00 bits per heavy atom. The highest BCUT2D eigenvalue weighted by molar-refractivity contribution is 7.87. The van der Waals surface area contributed by atoms with Crippen molar-refractivity contribution >= 4 is 10.2 Å². The Labute approximate surface area is 92.0 Å². The van der Waals surface area contributed by atoms with E-state index in [1.807, 2.05) is 13.8 Å². The van der Waals surface area contributed by atoms with Crippen LogP contribution in [0.3, 0.4) is 0 Å². The van der Waals surface area contributed by atoms with Crippen LogP contribution < -0.4 is 15.2 Å². The van der Waals surface area contributed by atoms with Crippen LogP contribution in [0.5, 0.6) is 0 Å². The predicted octanol–water partition coefficient (Wildman–Crippen LogP) is -0.0522. The summed E-state index contributed by atoms with van der Waals surface area (Å²) < 4.78 is 28.4. The number of hydrogen-bond acceptors (Lipinski definition) is 3. The third-order valence-electron chi connectivity index (χ3n) is 2.73. The van der Waals surface area contributed by atoms with Crippen molar-refractivity contribution in [1.29, 1.82) is 0 Å². The quantitative estimate of drug-likeness (QED) is 0.603. The lowest BCUT2D eigenvalue weighted by Gasteiger charge is -2.41. The van der Waals surface area contributed by atoms with Crippen molar-refractivity contribution < 1.29 is 8.42 Å². The number of hydrogen-bond donors (Lipinski definition) is 3. The first-order valence-corrected chi connectivity index (χ1v) is 6.86. The van der Waals surface area contributed by atoms with E-state index in [-0.39, 0.29) is 5.54 Å². The highest BCUT2D eigenvalue weighted by Crippen LogP contribution is 2.31. The average Bonchev–Trinajstić information content (AvgIpc) is 2.09. The Balaban J connectivity index is 2.48. The molecular weight excluding hydrogens is 214 g/mol.